The van der Waals surface area contributed by atoms with Crippen LogP contribution in [0.2, 0.25) is 12.1 Å². The second kappa shape index (κ2) is 5.73. The van der Waals surface area contributed by atoms with Crippen molar-refractivity contribution in [1.29, 1.82) is 0 Å². The van der Waals surface area contributed by atoms with Gasteiger partial charge in [-0.15, -0.1) is 0 Å². The molecule has 1 atom stereocenters. The van der Waals surface area contributed by atoms with Crippen LogP contribution in [0.25, 0.3) is 0 Å². The first kappa shape index (κ1) is 12.1. The molecular formula is C9H22O2Si. The minimum absolute atomic E-state index is 0.581. The summed E-state index contributed by atoms with van der Waals surface area (Å²) in [5, 5.41) is 0. The van der Waals surface area contributed by atoms with Crippen molar-refractivity contribution in [3.8, 4) is 0 Å². The van der Waals surface area contributed by atoms with Crippen molar-refractivity contribution in [3.63, 3.8) is 0 Å². The molecule has 0 bridgehead atoms. The van der Waals surface area contributed by atoms with E-state index in [0.717, 1.165) is 19.6 Å². The van der Waals surface area contributed by atoms with Gasteiger partial charge in [-0.05, 0) is 25.9 Å². The maximum atomic E-state index is 5.74. The molecule has 0 aromatic carbocycles. The first-order valence-electron chi connectivity index (χ1n) is 4.88. The highest BCUT2D eigenvalue weighted by Crippen LogP contribution is 2.26. The van der Waals surface area contributed by atoms with Crippen molar-refractivity contribution in [2.24, 2.45) is 0 Å². The topological polar surface area (TPSA) is 18.5 Å². The monoisotopic (exact) mass is 190 g/mol. The number of hydrogen-bond donors (Lipinski definition) is 0. The molecule has 0 aromatic rings. The van der Waals surface area contributed by atoms with Crippen molar-refractivity contribution >= 4 is 8.56 Å². The predicted octanol–water partition coefficient (Wildman–Crippen LogP) is 2.93. The summed E-state index contributed by atoms with van der Waals surface area (Å²) in [7, 11) is -1.85. The Kier molecular flexibility index (Phi) is 5.79. The maximum Gasteiger partial charge on any atom is 0.337 e. The highest BCUT2D eigenvalue weighted by molar-refractivity contribution is 6.67. The standard InChI is InChI=1S/C9H22O2Si/c1-6-9(4)12(5,10-7-2)11-8-3/h9H,6-8H2,1-5H3. The Morgan fingerprint density at radius 1 is 1.08 bits per heavy atom. The van der Waals surface area contributed by atoms with Crippen LogP contribution in [0.3, 0.4) is 0 Å². The van der Waals surface area contributed by atoms with E-state index >= 15 is 0 Å². The summed E-state index contributed by atoms with van der Waals surface area (Å²) in [4.78, 5) is 0. The summed E-state index contributed by atoms with van der Waals surface area (Å²) in [5.41, 5.74) is 0.581. The van der Waals surface area contributed by atoms with Crippen LogP contribution < -0.4 is 0 Å². The van der Waals surface area contributed by atoms with Gasteiger partial charge in [0.15, 0.2) is 0 Å². The smallest absolute Gasteiger partial charge is 0.337 e. The second-order valence-electron chi connectivity index (χ2n) is 3.19. The summed E-state index contributed by atoms with van der Waals surface area (Å²) in [5.74, 6) is 0. The SMILES string of the molecule is CCO[Si](C)(OCC)C(C)CC. The average molecular weight is 190 g/mol. The largest absolute Gasteiger partial charge is 0.394 e. The molecule has 0 saturated carbocycles. The van der Waals surface area contributed by atoms with Crippen molar-refractivity contribution in [2.45, 2.75) is 46.2 Å². The van der Waals surface area contributed by atoms with E-state index in [9.17, 15) is 0 Å². The fourth-order valence-electron chi connectivity index (χ4n) is 1.27. The molecule has 0 saturated heterocycles. The highest BCUT2D eigenvalue weighted by Gasteiger charge is 2.36. The Balaban J connectivity index is 4.15. The van der Waals surface area contributed by atoms with E-state index in [4.69, 9.17) is 8.85 Å². The van der Waals surface area contributed by atoms with Crippen LogP contribution in [-0.2, 0) is 8.85 Å². The van der Waals surface area contributed by atoms with Gasteiger partial charge in [-0.25, -0.2) is 0 Å². The van der Waals surface area contributed by atoms with E-state index in [-0.39, 0.29) is 0 Å². The molecular weight excluding hydrogens is 168 g/mol. The van der Waals surface area contributed by atoms with Gasteiger partial charge in [0.05, 0.1) is 0 Å². The van der Waals surface area contributed by atoms with Crippen molar-refractivity contribution in [2.75, 3.05) is 13.2 Å². The van der Waals surface area contributed by atoms with Crippen LogP contribution >= 0.6 is 0 Å². The lowest BCUT2D eigenvalue weighted by atomic mass is 10.4. The zero-order valence-corrected chi connectivity index (χ0v) is 10.0. The Morgan fingerprint density at radius 2 is 1.50 bits per heavy atom. The van der Waals surface area contributed by atoms with Crippen molar-refractivity contribution in [3.05, 3.63) is 0 Å². The van der Waals surface area contributed by atoms with Gasteiger partial charge < -0.3 is 8.85 Å². The van der Waals surface area contributed by atoms with E-state index in [1.807, 2.05) is 13.8 Å². The number of rotatable bonds is 6. The zero-order valence-electron chi connectivity index (χ0n) is 9.02. The molecule has 3 heteroatoms. The van der Waals surface area contributed by atoms with Crippen LogP contribution in [0.5, 0.6) is 0 Å². The summed E-state index contributed by atoms with van der Waals surface area (Å²) in [6.07, 6.45) is 1.14. The molecule has 12 heavy (non-hydrogen) atoms. The first-order valence-corrected chi connectivity index (χ1v) is 7.28. The van der Waals surface area contributed by atoms with Crippen LogP contribution in [-0.4, -0.2) is 21.8 Å². The van der Waals surface area contributed by atoms with Crippen molar-refractivity contribution in [1.82, 2.24) is 0 Å². The van der Waals surface area contributed by atoms with Gasteiger partial charge >= 0.3 is 8.56 Å². The third kappa shape index (κ3) is 3.25. The molecule has 0 radical (unpaired) electrons. The lowest BCUT2D eigenvalue weighted by molar-refractivity contribution is 0.179. The normalized spacial score (nSPS) is 14.8. The molecule has 0 rings (SSSR count). The predicted molar refractivity (Wildman–Crippen MR) is 54.6 cm³/mol. The fourth-order valence-corrected chi connectivity index (χ4v) is 3.81. The molecule has 0 aliphatic carbocycles. The molecule has 0 aromatic heterocycles. The molecule has 0 heterocycles. The van der Waals surface area contributed by atoms with Gasteiger partial charge in [0, 0.05) is 13.2 Å². The third-order valence-electron chi connectivity index (χ3n) is 2.37. The molecule has 0 aliphatic rings. The second-order valence-corrected chi connectivity index (χ2v) is 6.79. The van der Waals surface area contributed by atoms with Gasteiger partial charge in [0.2, 0.25) is 0 Å². The van der Waals surface area contributed by atoms with Crippen molar-refractivity contribution < 1.29 is 8.85 Å². The van der Waals surface area contributed by atoms with Crippen LogP contribution in [0.1, 0.15) is 34.1 Å². The molecule has 0 amide bonds. The van der Waals surface area contributed by atoms with Crippen LogP contribution in [0, 0.1) is 0 Å². The average Bonchev–Trinajstić information content (AvgIpc) is 2.04. The molecule has 0 spiro atoms. The lowest BCUT2D eigenvalue weighted by Crippen LogP contribution is -2.42. The summed E-state index contributed by atoms with van der Waals surface area (Å²) in [6, 6.07) is 0. The van der Waals surface area contributed by atoms with Crippen LogP contribution in [0.4, 0.5) is 0 Å². The third-order valence-corrected chi connectivity index (χ3v) is 6.29. The van der Waals surface area contributed by atoms with E-state index in [1.54, 1.807) is 0 Å². The van der Waals surface area contributed by atoms with Crippen LogP contribution in [0.15, 0.2) is 0 Å². The fraction of sp³-hybridized carbons (Fsp3) is 1.00. The molecule has 74 valence electrons. The Hall–Kier alpha value is 0.137. The van der Waals surface area contributed by atoms with Gasteiger partial charge in [0.25, 0.3) is 0 Å². The van der Waals surface area contributed by atoms with Gasteiger partial charge in [-0.3, -0.25) is 0 Å². The molecule has 1 unspecified atom stereocenters. The van der Waals surface area contributed by atoms with E-state index < -0.39 is 8.56 Å². The Morgan fingerprint density at radius 3 is 1.75 bits per heavy atom. The minimum Gasteiger partial charge on any atom is -0.394 e. The first-order chi connectivity index (χ1) is 5.60. The Bertz CT molecular complexity index is 111. The Labute approximate surface area is 77.5 Å². The number of hydrogen-bond acceptors (Lipinski definition) is 2. The minimum atomic E-state index is -1.85. The molecule has 0 fully saturated rings. The van der Waals surface area contributed by atoms with E-state index in [1.165, 1.54) is 0 Å². The zero-order chi connectivity index (χ0) is 9.61. The summed E-state index contributed by atoms with van der Waals surface area (Å²) in [6.45, 7) is 12.2. The summed E-state index contributed by atoms with van der Waals surface area (Å²) < 4.78 is 11.5. The quantitative estimate of drug-likeness (QED) is 0.600. The van der Waals surface area contributed by atoms with E-state index in [2.05, 4.69) is 20.4 Å². The van der Waals surface area contributed by atoms with E-state index in [0.29, 0.717) is 5.54 Å². The lowest BCUT2D eigenvalue weighted by Gasteiger charge is -2.31. The van der Waals surface area contributed by atoms with Gasteiger partial charge in [-0.1, -0.05) is 20.3 Å². The maximum absolute atomic E-state index is 5.74. The highest BCUT2D eigenvalue weighted by atomic mass is 28.4. The summed E-state index contributed by atoms with van der Waals surface area (Å²) >= 11 is 0. The molecule has 2 nitrogen and oxygen atoms in total. The molecule has 0 aliphatic heterocycles. The van der Waals surface area contributed by atoms with Gasteiger partial charge in [0.1, 0.15) is 0 Å². The molecule has 0 N–H and O–H groups in total. The van der Waals surface area contributed by atoms with Gasteiger partial charge in [-0.2, -0.15) is 0 Å².